The van der Waals surface area contributed by atoms with Crippen LogP contribution in [0.25, 0.3) is 6.08 Å². The van der Waals surface area contributed by atoms with Gasteiger partial charge in [-0.3, -0.25) is 10.1 Å². The highest BCUT2D eigenvalue weighted by molar-refractivity contribution is 5.64. The lowest BCUT2D eigenvalue weighted by molar-refractivity contribution is -0.385. The fourth-order valence-corrected chi connectivity index (χ4v) is 1.48. The van der Waals surface area contributed by atoms with Gasteiger partial charge in [-0.2, -0.15) is 0 Å². The van der Waals surface area contributed by atoms with Crippen LogP contribution in [0.1, 0.15) is 24.0 Å². The summed E-state index contributed by atoms with van der Waals surface area (Å²) in [6, 6.07) is 5.02. The Hall–Kier alpha value is -1.90. The Morgan fingerprint density at radius 2 is 2.13 bits per heavy atom. The number of nitrogens with zero attached hydrogens (tertiary/aromatic N) is 1. The molecule has 3 heteroatoms. The number of allylic oxidation sites excluding steroid dienone is 1. The maximum absolute atomic E-state index is 10.8. The summed E-state index contributed by atoms with van der Waals surface area (Å²) in [5.41, 5.74) is 1.56. The molecule has 0 aliphatic rings. The molecule has 1 aromatic carbocycles. The van der Waals surface area contributed by atoms with Gasteiger partial charge >= 0.3 is 0 Å². The van der Waals surface area contributed by atoms with Crippen molar-refractivity contribution in [2.24, 2.45) is 0 Å². The number of nitro benzene ring substituents is 1. The summed E-state index contributed by atoms with van der Waals surface area (Å²) in [5.74, 6) is 0.0814. The van der Waals surface area contributed by atoms with Gasteiger partial charge in [-0.05, 0) is 11.5 Å². The first kappa shape index (κ1) is 11.2. The fourth-order valence-electron chi connectivity index (χ4n) is 1.48. The summed E-state index contributed by atoms with van der Waals surface area (Å²) in [4.78, 5) is 10.4. The fraction of sp³-hybridized carbons (Fsp3) is 0.167. The van der Waals surface area contributed by atoms with Gasteiger partial charge in [-0.1, -0.05) is 37.8 Å². The van der Waals surface area contributed by atoms with Crippen molar-refractivity contribution in [3.63, 3.8) is 0 Å². The lowest BCUT2D eigenvalue weighted by Crippen LogP contribution is -1.98. The molecule has 78 valence electrons. The maximum Gasteiger partial charge on any atom is 0.276 e. The molecule has 0 heterocycles. The summed E-state index contributed by atoms with van der Waals surface area (Å²) < 4.78 is 0. The van der Waals surface area contributed by atoms with Gasteiger partial charge in [0.25, 0.3) is 5.69 Å². The molecule has 15 heavy (non-hydrogen) atoms. The zero-order valence-electron chi connectivity index (χ0n) is 8.64. The molecule has 0 spiro atoms. The minimum Gasteiger partial charge on any atom is -0.258 e. The molecule has 0 aromatic heterocycles. The minimum atomic E-state index is -0.393. The van der Waals surface area contributed by atoms with Gasteiger partial charge in [-0.15, -0.1) is 6.58 Å². The Kier molecular flexibility index (Phi) is 3.39. The molecule has 1 atom stereocenters. The van der Waals surface area contributed by atoms with Crippen molar-refractivity contribution in [2.75, 3.05) is 0 Å². The molecule has 0 fully saturated rings. The van der Waals surface area contributed by atoms with E-state index in [-0.39, 0.29) is 11.6 Å². The van der Waals surface area contributed by atoms with Crippen LogP contribution in [0.3, 0.4) is 0 Å². The Morgan fingerprint density at radius 1 is 1.47 bits per heavy atom. The number of hydrogen-bond acceptors (Lipinski definition) is 2. The lowest BCUT2D eigenvalue weighted by atomic mass is 9.94. The van der Waals surface area contributed by atoms with E-state index in [9.17, 15) is 10.1 Å². The van der Waals surface area contributed by atoms with Crippen LogP contribution in [0.4, 0.5) is 5.69 Å². The van der Waals surface area contributed by atoms with Gasteiger partial charge in [0.15, 0.2) is 0 Å². The first-order chi connectivity index (χ1) is 7.11. The largest absolute Gasteiger partial charge is 0.276 e. The molecule has 0 bridgehead atoms. The summed E-state index contributed by atoms with van der Waals surface area (Å²) >= 11 is 0. The summed E-state index contributed by atoms with van der Waals surface area (Å²) in [6.07, 6.45) is 3.28. The second kappa shape index (κ2) is 4.55. The molecule has 3 nitrogen and oxygen atoms in total. The second-order valence-electron chi connectivity index (χ2n) is 3.27. The average Bonchev–Trinajstić information content (AvgIpc) is 2.26. The number of nitro groups is 1. The summed E-state index contributed by atoms with van der Waals surface area (Å²) in [5, 5.41) is 10.8. The molecule has 0 aliphatic carbocycles. The van der Waals surface area contributed by atoms with Crippen molar-refractivity contribution in [3.8, 4) is 0 Å². The quantitative estimate of drug-likeness (QED) is 0.427. The van der Waals surface area contributed by atoms with Gasteiger partial charge in [0.05, 0.1) is 10.5 Å². The van der Waals surface area contributed by atoms with E-state index < -0.39 is 4.92 Å². The second-order valence-corrected chi connectivity index (χ2v) is 3.27. The highest BCUT2D eigenvalue weighted by atomic mass is 16.6. The number of benzene rings is 1. The monoisotopic (exact) mass is 203 g/mol. The van der Waals surface area contributed by atoms with E-state index in [2.05, 4.69) is 13.2 Å². The van der Waals surface area contributed by atoms with E-state index >= 15 is 0 Å². The smallest absolute Gasteiger partial charge is 0.258 e. The van der Waals surface area contributed by atoms with Gasteiger partial charge < -0.3 is 0 Å². The number of rotatable bonds is 4. The highest BCUT2D eigenvalue weighted by Crippen LogP contribution is 2.29. The van der Waals surface area contributed by atoms with Crippen molar-refractivity contribution in [1.29, 1.82) is 0 Å². The molecule has 0 saturated carbocycles. The molecule has 1 unspecified atom stereocenters. The Labute approximate surface area is 88.9 Å². The van der Waals surface area contributed by atoms with E-state index in [4.69, 9.17) is 0 Å². The molecular formula is C12H13NO2. The summed E-state index contributed by atoms with van der Waals surface area (Å²) in [6.45, 7) is 9.24. The first-order valence-electron chi connectivity index (χ1n) is 4.64. The average molecular weight is 203 g/mol. The molecule has 0 N–H and O–H groups in total. The van der Waals surface area contributed by atoms with Crippen LogP contribution in [0.2, 0.25) is 0 Å². The van der Waals surface area contributed by atoms with Crippen molar-refractivity contribution in [3.05, 3.63) is 58.7 Å². The van der Waals surface area contributed by atoms with Crippen LogP contribution >= 0.6 is 0 Å². The van der Waals surface area contributed by atoms with E-state index in [0.29, 0.717) is 5.56 Å². The summed E-state index contributed by atoms with van der Waals surface area (Å²) in [7, 11) is 0. The Balaban J connectivity index is 3.40. The number of hydrogen-bond donors (Lipinski definition) is 0. The molecule has 0 aliphatic heterocycles. The zero-order chi connectivity index (χ0) is 11.4. The molecule has 0 saturated heterocycles. The van der Waals surface area contributed by atoms with E-state index in [1.165, 1.54) is 12.1 Å². The Morgan fingerprint density at radius 3 is 2.60 bits per heavy atom. The van der Waals surface area contributed by atoms with Crippen molar-refractivity contribution in [1.82, 2.24) is 0 Å². The predicted octanol–water partition coefficient (Wildman–Crippen LogP) is 3.53. The predicted molar refractivity (Wildman–Crippen MR) is 61.8 cm³/mol. The highest BCUT2D eigenvalue weighted by Gasteiger charge is 2.16. The van der Waals surface area contributed by atoms with Crippen LogP contribution in [-0.2, 0) is 0 Å². The first-order valence-corrected chi connectivity index (χ1v) is 4.64. The normalized spacial score (nSPS) is 11.8. The topological polar surface area (TPSA) is 43.1 Å². The SMILES string of the molecule is C=Cc1c(C(C)C=C)cccc1[N+](=O)[O-]. The van der Waals surface area contributed by atoms with Crippen LogP contribution in [0.5, 0.6) is 0 Å². The van der Waals surface area contributed by atoms with Crippen molar-refractivity contribution in [2.45, 2.75) is 12.8 Å². The third kappa shape index (κ3) is 2.13. The molecular weight excluding hydrogens is 190 g/mol. The molecule has 0 amide bonds. The van der Waals surface area contributed by atoms with Crippen molar-refractivity contribution < 1.29 is 4.92 Å². The van der Waals surface area contributed by atoms with Crippen LogP contribution in [0.15, 0.2) is 37.4 Å². The van der Waals surface area contributed by atoms with Gasteiger partial charge in [0.2, 0.25) is 0 Å². The minimum absolute atomic E-state index is 0.0814. The zero-order valence-corrected chi connectivity index (χ0v) is 8.64. The van der Waals surface area contributed by atoms with E-state index in [1.54, 1.807) is 12.1 Å². The Bertz CT molecular complexity index is 410. The third-order valence-electron chi connectivity index (χ3n) is 2.36. The van der Waals surface area contributed by atoms with Gasteiger partial charge in [-0.25, -0.2) is 0 Å². The lowest BCUT2D eigenvalue weighted by Gasteiger charge is -2.10. The van der Waals surface area contributed by atoms with Crippen molar-refractivity contribution >= 4 is 11.8 Å². The van der Waals surface area contributed by atoms with E-state index in [1.807, 2.05) is 13.0 Å². The molecule has 1 aromatic rings. The van der Waals surface area contributed by atoms with Gasteiger partial charge in [0, 0.05) is 6.07 Å². The van der Waals surface area contributed by atoms with Crippen LogP contribution in [-0.4, -0.2) is 4.92 Å². The molecule has 1 rings (SSSR count). The standard InChI is InChI=1S/C12H13NO2/c1-4-9(3)11-7-6-8-12(13(14)15)10(11)5-2/h4-9H,1-2H2,3H3. The van der Waals surface area contributed by atoms with Crippen LogP contribution in [0, 0.1) is 10.1 Å². The third-order valence-corrected chi connectivity index (χ3v) is 2.36. The maximum atomic E-state index is 10.8. The molecule has 0 radical (unpaired) electrons. The van der Waals surface area contributed by atoms with Gasteiger partial charge in [0.1, 0.15) is 0 Å². The van der Waals surface area contributed by atoms with Crippen LogP contribution < -0.4 is 0 Å². The van der Waals surface area contributed by atoms with E-state index in [0.717, 1.165) is 5.56 Å².